The molecule has 0 amide bonds. The lowest BCUT2D eigenvalue weighted by molar-refractivity contribution is -0.136. The Hall–Kier alpha value is -4.66. The van der Waals surface area contributed by atoms with Crippen molar-refractivity contribution in [2.75, 3.05) is 6.61 Å². The summed E-state index contributed by atoms with van der Waals surface area (Å²) in [5.41, 5.74) is 0.469. The summed E-state index contributed by atoms with van der Waals surface area (Å²) in [6, 6.07) is 18.2. The van der Waals surface area contributed by atoms with Crippen LogP contribution in [0.5, 0.6) is 23.0 Å². The van der Waals surface area contributed by atoms with Gasteiger partial charge in [-0.05, 0) is 92.6 Å². The van der Waals surface area contributed by atoms with Crippen LogP contribution in [0.15, 0.2) is 72.8 Å². The number of ether oxygens (including phenoxy) is 4. The van der Waals surface area contributed by atoms with E-state index in [2.05, 4.69) is 0 Å². The molecule has 0 aliphatic heterocycles. The van der Waals surface area contributed by atoms with E-state index < -0.39 is 23.9 Å². The van der Waals surface area contributed by atoms with Crippen LogP contribution in [0.4, 0.5) is 0 Å². The Balaban J connectivity index is 1.35. The smallest absolute Gasteiger partial charge is 0.343 e. The van der Waals surface area contributed by atoms with Gasteiger partial charge in [-0.15, -0.1) is 0 Å². The van der Waals surface area contributed by atoms with Crippen LogP contribution in [0.2, 0.25) is 0 Å². The van der Waals surface area contributed by atoms with E-state index in [1.165, 1.54) is 48.5 Å². The maximum Gasteiger partial charge on any atom is 0.343 e. The van der Waals surface area contributed by atoms with Gasteiger partial charge in [-0.25, -0.2) is 9.59 Å². The molecule has 0 unspecified atom stereocenters. The van der Waals surface area contributed by atoms with Crippen LogP contribution < -0.4 is 18.9 Å². The third-order valence-electron chi connectivity index (χ3n) is 5.01. The fraction of sp³-hybridized carbons (Fsp3) is 0.214. The topological polar surface area (TPSA) is 125 Å². The number of carbonyl (C=O) groups excluding carboxylic acids is 3. The molecule has 0 atom stereocenters. The molecule has 1 N–H and O–H groups in total. The Morgan fingerprint density at radius 1 is 0.595 bits per heavy atom. The second kappa shape index (κ2) is 13.4. The lowest BCUT2D eigenvalue weighted by Crippen LogP contribution is -2.10. The van der Waals surface area contributed by atoms with E-state index in [4.69, 9.17) is 24.1 Å². The van der Waals surface area contributed by atoms with Gasteiger partial charge in [-0.1, -0.05) is 0 Å². The molecule has 0 heterocycles. The zero-order valence-corrected chi connectivity index (χ0v) is 20.2. The Morgan fingerprint density at radius 2 is 1.00 bits per heavy atom. The highest BCUT2D eigenvalue weighted by molar-refractivity contribution is 5.91. The van der Waals surface area contributed by atoms with Crippen molar-refractivity contribution in [2.45, 2.75) is 32.6 Å². The predicted molar refractivity (Wildman–Crippen MR) is 132 cm³/mol. The highest BCUT2D eigenvalue weighted by Crippen LogP contribution is 2.20. The summed E-state index contributed by atoms with van der Waals surface area (Å²) in [5.74, 6) is -1.01. The largest absolute Gasteiger partial charge is 0.494 e. The SMILES string of the molecule is CCOc1ccc(C(=O)Oc2ccc(OC(=O)CCCCC(=O)Oc3ccc(C(=O)O)cc3)cc2)cc1. The first-order chi connectivity index (χ1) is 17.8. The van der Waals surface area contributed by atoms with E-state index in [9.17, 15) is 19.2 Å². The van der Waals surface area contributed by atoms with Crippen LogP contribution >= 0.6 is 0 Å². The molecule has 0 radical (unpaired) electrons. The first-order valence-electron chi connectivity index (χ1n) is 11.6. The Labute approximate surface area is 213 Å². The van der Waals surface area contributed by atoms with Gasteiger partial charge < -0.3 is 24.1 Å². The molecule has 0 aliphatic rings. The van der Waals surface area contributed by atoms with Gasteiger partial charge in [0, 0.05) is 12.8 Å². The van der Waals surface area contributed by atoms with E-state index in [1.807, 2.05) is 6.92 Å². The van der Waals surface area contributed by atoms with Crippen LogP contribution in [0.25, 0.3) is 0 Å². The van der Waals surface area contributed by atoms with E-state index in [-0.39, 0.29) is 24.2 Å². The molecule has 0 fully saturated rings. The van der Waals surface area contributed by atoms with E-state index in [1.54, 1.807) is 24.3 Å². The van der Waals surface area contributed by atoms with Gasteiger partial charge in [-0.2, -0.15) is 0 Å². The van der Waals surface area contributed by atoms with Crippen molar-refractivity contribution in [3.63, 3.8) is 0 Å². The van der Waals surface area contributed by atoms with Crippen molar-refractivity contribution < 1.29 is 43.2 Å². The summed E-state index contributed by atoms with van der Waals surface area (Å²) < 4.78 is 21.1. The Kier molecular flexibility index (Phi) is 9.78. The quantitative estimate of drug-likeness (QED) is 0.203. The van der Waals surface area contributed by atoms with Gasteiger partial charge >= 0.3 is 23.9 Å². The first-order valence-corrected chi connectivity index (χ1v) is 11.6. The second-order valence-electron chi connectivity index (χ2n) is 7.80. The summed E-state index contributed by atoms with van der Waals surface area (Å²) in [6.07, 6.45) is 1.04. The molecule has 0 aromatic heterocycles. The molecular formula is C28H26O9. The minimum absolute atomic E-state index is 0.0953. The second-order valence-corrected chi connectivity index (χ2v) is 7.80. The molecule has 0 saturated carbocycles. The number of carboxylic acids is 1. The number of benzene rings is 3. The lowest BCUT2D eigenvalue weighted by Gasteiger charge is -2.08. The molecule has 9 heteroatoms. The molecule has 3 rings (SSSR count). The lowest BCUT2D eigenvalue weighted by atomic mass is 10.2. The number of hydrogen-bond donors (Lipinski definition) is 1. The summed E-state index contributed by atoms with van der Waals surface area (Å²) in [6.45, 7) is 2.40. The zero-order valence-electron chi connectivity index (χ0n) is 20.2. The van der Waals surface area contributed by atoms with Gasteiger partial charge in [0.1, 0.15) is 23.0 Å². The monoisotopic (exact) mass is 506 g/mol. The number of aromatic carboxylic acids is 1. The van der Waals surface area contributed by atoms with Crippen molar-refractivity contribution in [3.05, 3.63) is 83.9 Å². The maximum absolute atomic E-state index is 12.3. The van der Waals surface area contributed by atoms with Crippen molar-refractivity contribution in [1.82, 2.24) is 0 Å². The average molecular weight is 507 g/mol. The van der Waals surface area contributed by atoms with Crippen molar-refractivity contribution >= 4 is 23.9 Å². The zero-order chi connectivity index (χ0) is 26.6. The number of unbranched alkanes of at least 4 members (excludes halogenated alkanes) is 1. The molecule has 0 spiro atoms. The molecule has 37 heavy (non-hydrogen) atoms. The van der Waals surface area contributed by atoms with Crippen LogP contribution in [0.3, 0.4) is 0 Å². The van der Waals surface area contributed by atoms with Crippen molar-refractivity contribution in [3.8, 4) is 23.0 Å². The molecular weight excluding hydrogens is 480 g/mol. The van der Waals surface area contributed by atoms with E-state index in [0.717, 1.165) is 0 Å². The third kappa shape index (κ3) is 8.81. The standard InChI is InChI=1S/C28H26O9/c1-2-34-21-11-9-20(10-12-21)28(33)37-24-17-15-23(16-18-24)36-26(30)6-4-3-5-25(29)35-22-13-7-19(8-14-22)27(31)32/h7-18H,2-6H2,1H3,(H,31,32). The number of hydrogen-bond acceptors (Lipinski definition) is 8. The predicted octanol–water partition coefficient (Wildman–Crippen LogP) is 5.07. The number of rotatable bonds is 12. The number of carbonyl (C=O) groups is 4. The minimum Gasteiger partial charge on any atom is -0.494 e. The highest BCUT2D eigenvalue weighted by atomic mass is 16.5. The van der Waals surface area contributed by atoms with Crippen LogP contribution in [0, 0.1) is 0 Å². The highest BCUT2D eigenvalue weighted by Gasteiger charge is 2.11. The van der Waals surface area contributed by atoms with Gasteiger partial charge in [0.15, 0.2) is 0 Å². The molecule has 192 valence electrons. The fourth-order valence-corrected chi connectivity index (χ4v) is 3.16. The Bertz CT molecular complexity index is 1210. The first kappa shape index (κ1) is 26.9. The van der Waals surface area contributed by atoms with Crippen molar-refractivity contribution in [2.24, 2.45) is 0 Å². The number of carboxylic acid groups (broad SMARTS) is 1. The normalized spacial score (nSPS) is 10.3. The molecule has 0 aliphatic carbocycles. The van der Waals surface area contributed by atoms with Gasteiger partial charge in [0.05, 0.1) is 17.7 Å². The van der Waals surface area contributed by atoms with E-state index in [0.29, 0.717) is 42.3 Å². The number of esters is 3. The molecule has 0 saturated heterocycles. The van der Waals surface area contributed by atoms with E-state index >= 15 is 0 Å². The summed E-state index contributed by atoms with van der Waals surface area (Å²) in [4.78, 5) is 47.1. The molecule has 0 bridgehead atoms. The third-order valence-corrected chi connectivity index (χ3v) is 5.01. The maximum atomic E-state index is 12.3. The minimum atomic E-state index is -1.07. The summed E-state index contributed by atoms with van der Waals surface area (Å²) in [5, 5.41) is 8.87. The molecule has 3 aromatic carbocycles. The van der Waals surface area contributed by atoms with Gasteiger partial charge in [0.2, 0.25) is 0 Å². The fourth-order valence-electron chi connectivity index (χ4n) is 3.16. The molecule has 9 nitrogen and oxygen atoms in total. The Morgan fingerprint density at radius 3 is 1.46 bits per heavy atom. The van der Waals surface area contributed by atoms with Crippen LogP contribution in [-0.2, 0) is 9.59 Å². The van der Waals surface area contributed by atoms with Gasteiger partial charge in [0.25, 0.3) is 0 Å². The molecule has 3 aromatic rings. The summed E-state index contributed by atoms with van der Waals surface area (Å²) >= 11 is 0. The average Bonchev–Trinajstić information content (AvgIpc) is 2.89. The van der Waals surface area contributed by atoms with Crippen LogP contribution in [0.1, 0.15) is 53.3 Å². The summed E-state index contributed by atoms with van der Waals surface area (Å²) in [7, 11) is 0. The van der Waals surface area contributed by atoms with Crippen molar-refractivity contribution in [1.29, 1.82) is 0 Å². The van der Waals surface area contributed by atoms with Crippen LogP contribution in [-0.4, -0.2) is 35.6 Å². The van der Waals surface area contributed by atoms with Gasteiger partial charge in [-0.3, -0.25) is 9.59 Å².